The van der Waals surface area contributed by atoms with Gasteiger partial charge in [0.15, 0.2) is 12.6 Å². The minimum absolute atomic E-state index is 0.0531. The molecular formula is C34H42O9. The molecule has 1 saturated heterocycles. The summed E-state index contributed by atoms with van der Waals surface area (Å²) < 4.78 is 41.4. The van der Waals surface area contributed by atoms with Crippen LogP contribution in [0.2, 0.25) is 0 Å². The van der Waals surface area contributed by atoms with E-state index in [9.17, 15) is 9.59 Å². The minimum Gasteiger partial charge on any atom is -0.493 e. The van der Waals surface area contributed by atoms with Crippen LogP contribution in [0, 0.1) is 5.92 Å². The van der Waals surface area contributed by atoms with E-state index in [1.165, 1.54) is 7.11 Å². The number of methoxy groups -OCH3 is 1. The number of hydrogen-bond donors (Lipinski definition) is 0. The average molecular weight is 595 g/mol. The van der Waals surface area contributed by atoms with Gasteiger partial charge in [0.05, 0.1) is 18.3 Å². The molecule has 5 atom stereocenters. The normalized spacial score (nSPS) is 25.2. The van der Waals surface area contributed by atoms with Gasteiger partial charge in [0.2, 0.25) is 0 Å². The van der Waals surface area contributed by atoms with Gasteiger partial charge in [0.25, 0.3) is 0 Å². The maximum Gasteiger partial charge on any atom is 0.342 e. The molecule has 0 saturated carbocycles. The van der Waals surface area contributed by atoms with Gasteiger partial charge in [-0.1, -0.05) is 50.3 Å². The quantitative estimate of drug-likeness (QED) is 0.196. The molecule has 43 heavy (non-hydrogen) atoms. The summed E-state index contributed by atoms with van der Waals surface area (Å²) in [4.78, 5) is 26.7. The third-order valence-electron chi connectivity index (χ3n) is 7.22. The molecule has 0 aliphatic carbocycles. The second kappa shape index (κ2) is 14.7. The van der Waals surface area contributed by atoms with Crippen molar-refractivity contribution >= 4 is 18.0 Å². The molecule has 2 aliphatic heterocycles. The number of carbonyl (C=O) groups is 2. The monoisotopic (exact) mass is 594 g/mol. The Hall–Kier alpha value is -3.66. The van der Waals surface area contributed by atoms with Gasteiger partial charge in [-0.15, -0.1) is 0 Å². The minimum atomic E-state index is -0.902. The Kier molecular flexibility index (Phi) is 11.0. The molecule has 2 aromatic rings. The van der Waals surface area contributed by atoms with Crippen molar-refractivity contribution in [3.63, 3.8) is 0 Å². The van der Waals surface area contributed by atoms with Crippen molar-refractivity contribution in [2.24, 2.45) is 5.92 Å². The smallest absolute Gasteiger partial charge is 0.342 e. The number of carbonyl (C=O) groups excluding carboxylic acids is 2. The summed E-state index contributed by atoms with van der Waals surface area (Å²) in [7, 11) is 1.51. The van der Waals surface area contributed by atoms with Gasteiger partial charge in [-0.2, -0.15) is 0 Å². The Morgan fingerprint density at radius 3 is 2.53 bits per heavy atom. The van der Waals surface area contributed by atoms with E-state index in [4.69, 9.17) is 33.2 Å². The number of ether oxygens (including phenoxy) is 7. The van der Waals surface area contributed by atoms with Crippen LogP contribution in [0.3, 0.4) is 0 Å². The Bertz CT molecular complexity index is 1300. The van der Waals surface area contributed by atoms with Crippen LogP contribution in [0.15, 0.2) is 60.7 Å². The number of benzene rings is 2. The predicted molar refractivity (Wildman–Crippen MR) is 161 cm³/mol. The SMILES string of the molecule is CCCOc1cc2c(c(OCOC)c1)C(=O)O[C@@H](C)[C@H](C)C=CC(OC(=O)c1ccccc1)C1OC(C)(C)OC1CC=C2. The number of fused-ring (bicyclic) bond motifs is 2. The molecule has 1 fully saturated rings. The van der Waals surface area contributed by atoms with Gasteiger partial charge in [-0.05, 0) is 63.5 Å². The Morgan fingerprint density at radius 2 is 1.81 bits per heavy atom. The van der Waals surface area contributed by atoms with Crippen LogP contribution < -0.4 is 9.47 Å². The van der Waals surface area contributed by atoms with Gasteiger partial charge < -0.3 is 33.2 Å². The Labute approximate surface area is 253 Å². The lowest BCUT2D eigenvalue weighted by Gasteiger charge is -2.25. The number of esters is 2. The standard InChI is InChI=1S/C34H42O9/c1-7-18-38-26-19-25-14-11-15-28-31(43-34(4,5)42-28)27(41-32(35)24-12-9-8-10-13-24)17-16-22(2)23(3)40-33(36)30(25)29(20-26)39-21-37-6/h8-14,16-17,19-20,22-23,27-28,31H,7,15,18,21H2,1-6H3/t22-,23+,27?,28?,31?/m1/s1. The van der Waals surface area contributed by atoms with Crippen molar-refractivity contribution < 1.29 is 42.7 Å². The zero-order valence-electron chi connectivity index (χ0n) is 25.7. The van der Waals surface area contributed by atoms with Crippen LogP contribution >= 0.6 is 0 Å². The molecule has 0 bridgehead atoms. The van der Waals surface area contributed by atoms with Crippen LogP contribution in [0.5, 0.6) is 11.5 Å². The van der Waals surface area contributed by atoms with E-state index in [2.05, 4.69) is 0 Å². The lowest BCUT2D eigenvalue weighted by Crippen LogP contribution is -2.37. The molecule has 0 amide bonds. The molecule has 2 aliphatic rings. The highest BCUT2D eigenvalue weighted by atomic mass is 16.8. The average Bonchev–Trinajstić information content (AvgIpc) is 3.30. The lowest BCUT2D eigenvalue weighted by molar-refractivity contribution is -0.152. The molecule has 0 radical (unpaired) electrons. The topological polar surface area (TPSA) is 98.8 Å². The van der Waals surface area contributed by atoms with Crippen molar-refractivity contribution in [3.8, 4) is 11.5 Å². The van der Waals surface area contributed by atoms with E-state index in [1.54, 1.807) is 42.5 Å². The van der Waals surface area contributed by atoms with Crippen molar-refractivity contribution in [2.75, 3.05) is 20.5 Å². The van der Waals surface area contributed by atoms with Crippen molar-refractivity contribution in [1.82, 2.24) is 0 Å². The molecule has 2 aromatic carbocycles. The highest BCUT2D eigenvalue weighted by Crippen LogP contribution is 2.36. The molecule has 232 valence electrons. The number of cyclic esters (lactones) is 1. The van der Waals surface area contributed by atoms with Crippen LogP contribution in [0.1, 0.15) is 73.7 Å². The fourth-order valence-electron chi connectivity index (χ4n) is 4.91. The third kappa shape index (κ3) is 8.46. The summed E-state index contributed by atoms with van der Waals surface area (Å²) >= 11 is 0. The number of rotatable bonds is 8. The molecule has 3 unspecified atom stereocenters. The van der Waals surface area contributed by atoms with Gasteiger partial charge in [0.1, 0.15) is 35.4 Å². The first kappa shape index (κ1) is 32.3. The van der Waals surface area contributed by atoms with E-state index in [1.807, 2.05) is 58.9 Å². The summed E-state index contributed by atoms with van der Waals surface area (Å²) in [5, 5.41) is 0. The number of hydrogen-bond acceptors (Lipinski definition) is 9. The zero-order valence-corrected chi connectivity index (χ0v) is 25.7. The van der Waals surface area contributed by atoms with Gasteiger partial charge in [0, 0.05) is 19.1 Å². The third-order valence-corrected chi connectivity index (χ3v) is 7.22. The molecular weight excluding hydrogens is 552 g/mol. The van der Waals surface area contributed by atoms with E-state index in [0.29, 0.717) is 35.7 Å². The van der Waals surface area contributed by atoms with Gasteiger partial charge in [-0.25, -0.2) is 9.59 Å². The summed E-state index contributed by atoms with van der Waals surface area (Å²) in [5.41, 5.74) is 1.27. The Morgan fingerprint density at radius 1 is 1.05 bits per heavy atom. The van der Waals surface area contributed by atoms with Crippen LogP contribution in [-0.4, -0.2) is 62.7 Å². The lowest BCUT2D eigenvalue weighted by atomic mass is 9.98. The highest BCUT2D eigenvalue weighted by Gasteiger charge is 2.45. The van der Waals surface area contributed by atoms with E-state index in [0.717, 1.165) is 6.42 Å². The summed E-state index contributed by atoms with van der Waals surface area (Å²) in [5.74, 6) is -1.28. The fraction of sp³-hybridized carbons (Fsp3) is 0.471. The summed E-state index contributed by atoms with van der Waals surface area (Å²) in [6.45, 7) is 9.88. The molecule has 0 spiro atoms. The van der Waals surface area contributed by atoms with Gasteiger partial charge >= 0.3 is 11.9 Å². The van der Waals surface area contributed by atoms with Crippen LogP contribution in [0.4, 0.5) is 0 Å². The first-order chi connectivity index (χ1) is 20.6. The molecule has 9 nitrogen and oxygen atoms in total. The first-order valence-corrected chi connectivity index (χ1v) is 14.7. The summed E-state index contributed by atoms with van der Waals surface area (Å²) in [6, 6.07) is 12.3. The zero-order chi connectivity index (χ0) is 31.0. The molecule has 0 aromatic heterocycles. The van der Waals surface area contributed by atoms with E-state index < -0.39 is 42.1 Å². The molecule has 0 N–H and O–H groups in total. The second-order valence-electron chi connectivity index (χ2n) is 11.2. The van der Waals surface area contributed by atoms with Crippen LogP contribution in [0.25, 0.3) is 6.08 Å². The maximum absolute atomic E-state index is 13.6. The molecule has 4 rings (SSSR count). The van der Waals surface area contributed by atoms with Crippen molar-refractivity contribution in [1.29, 1.82) is 0 Å². The second-order valence-corrected chi connectivity index (χ2v) is 11.2. The predicted octanol–water partition coefficient (Wildman–Crippen LogP) is 6.36. The molecule has 9 heteroatoms. The first-order valence-electron chi connectivity index (χ1n) is 14.7. The summed E-state index contributed by atoms with van der Waals surface area (Å²) in [6.07, 6.45) is 6.32. The van der Waals surface area contributed by atoms with Crippen molar-refractivity contribution in [3.05, 3.63) is 77.4 Å². The van der Waals surface area contributed by atoms with E-state index in [-0.39, 0.29) is 18.3 Å². The van der Waals surface area contributed by atoms with Gasteiger partial charge in [-0.3, -0.25) is 0 Å². The Balaban J connectivity index is 1.74. The largest absolute Gasteiger partial charge is 0.493 e. The fourth-order valence-corrected chi connectivity index (χ4v) is 4.91. The highest BCUT2D eigenvalue weighted by molar-refractivity contribution is 5.97. The maximum atomic E-state index is 13.6. The van der Waals surface area contributed by atoms with E-state index >= 15 is 0 Å². The molecule has 2 heterocycles. The van der Waals surface area contributed by atoms with Crippen LogP contribution in [-0.2, 0) is 23.7 Å². The van der Waals surface area contributed by atoms with Crippen molar-refractivity contribution in [2.45, 2.75) is 77.7 Å².